The summed E-state index contributed by atoms with van der Waals surface area (Å²) in [5.41, 5.74) is 3.33. The van der Waals surface area contributed by atoms with E-state index in [2.05, 4.69) is 10.5 Å². The maximum absolute atomic E-state index is 11.6. The number of amides is 1. The van der Waals surface area contributed by atoms with Crippen LogP contribution < -0.4 is 14.9 Å². The lowest BCUT2D eigenvalue weighted by molar-refractivity contribution is -0.123. The van der Waals surface area contributed by atoms with E-state index in [4.69, 9.17) is 9.47 Å². The minimum absolute atomic E-state index is 0.0971. The normalized spacial score (nSPS) is 10.4. The van der Waals surface area contributed by atoms with Gasteiger partial charge in [-0.25, -0.2) is 5.43 Å². The van der Waals surface area contributed by atoms with Gasteiger partial charge in [0, 0.05) is 0 Å². The molecule has 5 heteroatoms. The molecule has 2 rings (SSSR count). The van der Waals surface area contributed by atoms with Crippen LogP contribution >= 0.6 is 0 Å². The summed E-state index contributed by atoms with van der Waals surface area (Å²) in [5.74, 6) is 1.05. The number of hydrogen-bond acceptors (Lipinski definition) is 4. The zero-order valence-corrected chi connectivity index (χ0v) is 12.4. The molecule has 0 bridgehead atoms. The van der Waals surface area contributed by atoms with Crippen molar-refractivity contribution in [1.82, 2.24) is 5.43 Å². The molecule has 0 heterocycles. The van der Waals surface area contributed by atoms with E-state index in [0.717, 1.165) is 11.3 Å². The Morgan fingerprint density at radius 1 is 1.05 bits per heavy atom. The second-order valence-corrected chi connectivity index (χ2v) is 4.40. The van der Waals surface area contributed by atoms with Crippen molar-refractivity contribution in [2.45, 2.75) is 6.92 Å². The van der Waals surface area contributed by atoms with E-state index in [-0.39, 0.29) is 12.5 Å². The summed E-state index contributed by atoms with van der Waals surface area (Å²) in [6.45, 7) is 2.44. The van der Waals surface area contributed by atoms with E-state index in [9.17, 15) is 4.79 Å². The summed E-state index contributed by atoms with van der Waals surface area (Å²) < 4.78 is 10.7. The average Bonchev–Trinajstić information content (AvgIpc) is 2.55. The smallest absolute Gasteiger partial charge is 0.277 e. The molecule has 0 spiro atoms. The first-order valence-electron chi connectivity index (χ1n) is 7.00. The van der Waals surface area contributed by atoms with E-state index >= 15 is 0 Å². The van der Waals surface area contributed by atoms with Gasteiger partial charge in [0.15, 0.2) is 6.61 Å². The van der Waals surface area contributed by atoms with Crippen LogP contribution in [0.5, 0.6) is 11.5 Å². The highest BCUT2D eigenvalue weighted by Gasteiger charge is 2.01. The molecule has 22 heavy (non-hydrogen) atoms. The molecule has 5 nitrogen and oxygen atoms in total. The van der Waals surface area contributed by atoms with Gasteiger partial charge in [0.05, 0.1) is 12.8 Å². The average molecular weight is 298 g/mol. The van der Waals surface area contributed by atoms with E-state index in [1.54, 1.807) is 30.5 Å². The van der Waals surface area contributed by atoms with Gasteiger partial charge in [-0.15, -0.1) is 0 Å². The summed E-state index contributed by atoms with van der Waals surface area (Å²) in [7, 11) is 0. The molecule has 1 N–H and O–H groups in total. The molecule has 0 aliphatic carbocycles. The molecule has 114 valence electrons. The SMILES string of the molecule is CCOc1ccc(OCC(=O)N/N=C\c2ccccc2)cc1. The van der Waals surface area contributed by atoms with Crippen molar-refractivity contribution in [3.05, 3.63) is 60.2 Å². The minimum atomic E-state index is -0.318. The molecule has 0 aliphatic rings. The highest BCUT2D eigenvalue weighted by molar-refractivity contribution is 5.82. The lowest BCUT2D eigenvalue weighted by Crippen LogP contribution is -2.24. The van der Waals surface area contributed by atoms with Crippen LogP contribution in [0.25, 0.3) is 0 Å². The largest absolute Gasteiger partial charge is 0.494 e. The summed E-state index contributed by atoms with van der Waals surface area (Å²) in [4.78, 5) is 11.6. The summed E-state index contributed by atoms with van der Waals surface area (Å²) in [6, 6.07) is 16.6. The number of hydrazone groups is 1. The van der Waals surface area contributed by atoms with Gasteiger partial charge in [-0.2, -0.15) is 5.10 Å². The Labute approximate surface area is 129 Å². The van der Waals surface area contributed by atoms with E-state index in [1.165, 1.54) is 0 Å². The topological polar surface area (TPSA) is 59.9 Å². The third-order valence-corrected chi connectivity index (χ3v) is 2.71. The predicted molar refractivity (Wildman–Crippen MR) is 85.3 cm³/mol. The molecule has 0 fully saturated rings. The van der Waals surface area contributed by atoms with Crippen LogP contribution in [0.15, 0.2) is 59.7 Å². The fraction of sp³-hybridized carbons (Fsp3) is 0.176. The number of nitrogens with one attached hydrogen (secondary N) is 1. The molecule has 0 aromatic heterocycles. The second-order valence-electron chi connectivity index (χ2n) is 4.40. The highest BCUT2D eigenvalue weighted by atomic mass is 16.5. The quantitative estimate of drug-likeness (QED) is 0.631. The Bertz CT molecular complexity index is 610. The third-order valence-electron chi connectivity index (χ3n) is 2.71. The van der Waals surface area contributed by atoms with E-state index < -0.39 is 0 Å². The van der Waals surface area contributed by atoms with Crippen LogP contribution in [-0.4, -0.2) is 25.3 Å². The zero-order valence-electron chi connectivity index (χ0n) is 12.4. The first-order chi connectivity index (χ1) is 10.8. The number of ether oxygens (including phenoxy) is 2. The van der Waals surface area contributed by atoms with Gasteiger partial charge in [0.25, 0.3) is 5.91 Å². The van der Waals surface area contributed by atoms with Gasteiger partial charge in [-0.05, 0) is 36.8 Å². The Morgan fingerprint density at radius 2 is 1.68 bits per heavy atom. The molecule has 0 unspecified atom stereocenters. The molecule has 2 aromatic rings. The van der Waals surface area contributed by atoms with Crippen molar-refractivity contribution in [3.8, 4) is 11.5 Å². The van der Waals surface area contributed by atoms with Crippen molar-refractivity contribution in [2.24, 2.45) is 5.10 Å². The molecule has 1 amide bonds. The van der Waals surface area contributed by atoms with Crippen molar-refractivity contribution < 1.29 is 14.3 Å². The van der Waals surface area contributed by atoms with Crippen LogP contribution in [0, 0.1) is 0 Å². The van der Waals surface area contributed by atoms with Crippen LogP contribution in [0.3, 0.4) is 0 Å². The molecular weight excluding hydrogens is 280 g/mol. The molecule has 2 aromatic carbocycles. The number of rotatable bonds is 7. The standard InChI is InChI=1S/C17H18N2O3/c1-2-21-15-8-10-16(11-9-15)22-13-17(20)19-18-12-14-6-4-3-5-7-14/h3-12H,2,13H2,1H3,(H,19,20)/b18-12-. The Morgan fingerprint density at radius 3 is 2.32 bits per heavy atom. The second kappa shape index (κ2) is 8.46. The number of hydrogen-bond donors (Lipinski definition) is 1. The van der Waals surface area contributed by atoms with E-state index in [0.29, 0.717) is 12.4 Å². The van der Waals surface area contributed by atoms with Crippen molar-refractivity contribution in [3.63, 3.8) is 0 Å². The summed E-state index contributed by atoms with van der Waals surface area (Å²) in [6.07, 6.45) is 1.58. The van der Waals surface area contributed by atoms with Crippen molar-refractivity contribution >= 4 is 12.1 Å². The van der Waals surface area contributed by atoms with Gasteiger partial charge in [-0.1, -0.05) is 30.3 Å². The van der Waals surface area contributed by atoms with E-state index in [1.807, 2.05) is 37.3 Å². The van der Waals surface area contributed by atoms with Gasteiger partial charge in [0.2, 0.25) is 0 Å². The highest BCUT2D eigenvalue weighted by Crippen LogP contribution is 2.17. The van der Waals surface area contributed by atoms with Crippen LogP contribution in [0.1, 0.15) is 12.5 Å². The summed E-state index contributed by atoms with van der Waals surface area (Å²) >= 11 is 0. The lowest BCUT2D eigenvalue weighted by atomic mass is 10.2. The Kier molecular flexibility index (Phi) is 5.99. The zero-order chi connectivity index (χ0) is 15.6. The number of nitrogens with zero attached hydrogens (tertiary/aromatic N) is 1. The van der Waals surface area contributed by atoms with Gasteiger partial charge in [0.1, 0.15) is 11.5 Å². The molecular formula is C17H18N2O3. The first-order valence-corrected chi connectivity index (χ1v) is 7.00. The van der Waals surface area contributed by atoms with Gasteiger partial charge >= 0.3 is 0 Å². The van der Waals surface area contributed by atoms with Crippen LogP contribution in [0.4, 0.5) is 0 Å². The van der Waals surface area contributed by atoms with Gasteiger partial charge < -0.3 is 9.47 Å². The number of carbonyl (C=O) groups excluding carboxylic acids is 1. The molecule has 0 saturated carbocycles. The fourth-order valence-corrected chi connectivity index (χ4v) is 1.70. The Hall–Kier alpha value is -2.82. The Balaban J connectivity index is 1.74. The molecule has 0 radical (unpaired) electrons. The number of benzene rings is 2. The third kappa shape index (κ3) is 5.28. The molecule has 0 saturated heterocycles. The summed E-state index contributed by atoms with van der Waals surface area (Å²) in [5, 5.41) is 3.87. The maximum Gasteiger partial charge on any atom is 0.277 e. The van der Waals surface area contributed by atoms with Crippen LogP contribution in [0.2, 0.25) is 0 Å². The first kappa shape index (κ1) is 15.6. The van der Waals surface area contributed by atoms with Crippen molar-refractivity contribution in [2.75, 3.05) is 13.2 Å². The van der Waals surface area contributed by atoms with Crippen LogP contribution in [-0.2, 0) is 4.79 Å². The minimum Gasteiger partial charge on any atom is -0.494 e. The molecule has 0 atom stereocenters. The maximum atomic E-state index is 11.6. The number of carbonyl (C=O) groups is 1. The van der Waals surface area contributed by atoms with Crippen molar-refractivity contribution in [1.29, 1.82) is 0 Å². The monoisotopic (exact) mass is 298 g/mol. The predicted octanol–water partition coefficient (Wildman–Crippen LogP) is 2.61. The molecule has 0 aliphatic heterocycles. The fourth-order valence-electron chi connectivity index (χ4n) is 1.70. The van der Waals surface area contributed by atoms with Gasteiger partial charge in [-0.3, -0.25) is 4.79 Å². The lowest BCUT2D eigenvalue weighted by Gasteiger charge is -2.06.